The van der Waals surface area contributed by atoms with Crippen LogP contribution in [0.4, 0.5) is 5.69 Å². The maximum Gasteiger partial charge on any atom is 0.235 e. The molecule has 0 saturated carbocycles. The molecule has 2 N–H and O–H groups in total. The summed E-state index contributed by atoms with van der Waals surface area (Å²) >= 11 is 1.53. The van der Waals surface area contributed by atoms with Crippen LogP contribution in [0.1, 0.15) is 13.3 Å². The predicted octanol–water partition coefficient (Wildman–Crippen LogP) is 1.99. The van der Waals surface area contributed by atoms with Crippen molar-refractivity contribution in [1.82, 2.24) is 4.90 Å². The Morgan fingerprint density at radius 3 is 2.94 bits per heavy atom. The maximum atomic E-state index is 11.9. The van der Waals surface area contributed by atoms with E-state index in [9.17, 15) is 4.79 Å². The number of rotatable bonds is 4. The highest BCUT2D eigenvalue weighted by Crippen LogP contribution is 2.35. The Morgan fingerprint density at radius 1 is 1.56 bits per heavy atom. The average molecular weight is 266 g/mol. The topological polar surface area (TPSA) is 55.6 Å². The van der Waals surface area contributed by atoms with E-state index in [0.717, 1.165) is 23.6 Å². The van der Waals surface area contributed by atoms with Gasteiger partial charge in [0, 0.05) is 24.2 Å². The average Bonchev–Trinajstić information content (AvgIpc) is 2.66. The van der Waals surface area contributed by atoms with Crippen LogP contribution in [0.25, 0.3) is 0 Å². The molecule has 1 aromatic carbocycles. The summed E-state index contributed by atoms with van der Waals surface area (Å²) in [6.45, 7) is 3.39. The van der Waals surface area contributed by atoms with Crippen molar-refractivity contribution < 1.29 is 9.53 Å². The van der Waals surface area contributed by atoms with Crippen LogP contribution in [-0.4, -0.2) is 36.3 Å². The SMILES string of the molecule is CCOc1ccc(N)c(SC2CCN(C)C2=O)c1. The maximum absolute atomic E-state index is 11.9. The summed E-state index contributed by atoms with van der Waals surface area (Å²) in [6, 6.07) is 5.59. The van der Waals surface area contributed by atoms with Crippen molar-refractivity contribution in [3.63, 3.8) is 0 Å². The van der Waals surface area contributed by atoms with E-state index >= 15 is 0 Å². The Kier molecular flexibility index (Phi) is 4.01. The van der Waals surface area contributed by atoms with Crippen LogP contribution < -0.4 is 10.5 Å². The number of nitrogens with two attached hydrogens (primary N) is 1. The van der Waals surface area contributed by atoms with Crippen LogP contribution in [0.15, 0.2) is 23.1 Å². The number of likely N-dealkylation sites (tertiary alicyclic amines) is 1. The summed E-state index contributed by atoms with van der Waals surface area (Å²) < 4.78 is 5.45. The number of carbonyl (C=O) groups excluding carboxylic acids is 1. The monoisotopic (exact) mass is 266 g/mol. The van der Waals surface area contributed by atoms with Gasteiger partial charge in [0.1, 0.15) is 5.75 Å². The van der Waals surface area contributed by atoms with Crippen molar-refractivity contribution >= 4 is 23.4 Å². The standard InChI is InChI=1S/C13H18N2O2S/c1-3-17-9-4-5-10(14)12(8-9)18-11-6-7-15(2)13(11)16/h4-5,8,11H,3,6-7,14H2,1-2H3. The fourth-order valence-electron chi connectivity index (χ4n) is 1.93. The molecular weight excluding hydrogens is 248 g/mol. The zero-order chi connectivity index (χ0) is 13.1. The first-order valence-electron chi connectivity index (χ1n) is 6.05. The van der Waals surface area contributed by atoms with E-state index < -0.39 is 0 Å². The van der Waals surface area contributed by atoms with Crippen LogP contribution in [-0.2, 0) is 4.79 Å². The Bertz CT molecular complexity index is 451. The van der Waals surface area contributed by atoms with Gasteiger partial charge in [0.25, 0.3) is 0 Å². The molecule has 1 saturated heterocycles. The lowest BCUT2D eigenvalue weighted by atomic mass is 10.3. The van der Waals surface area contributed by atoms with Gasteiger partial charge in [0.05, 0.1) is 11.9 Å². The second-order valence-corrected chi connectivity index (χ2v) is 5.53. The van der Waals surface area contributed by atoms with Crippen LogP contribution in [0.5, 0.6) is 5.75 Å². The Labute approximate surface area is 111 Å². The molecule has 4 nitrogen and oxygen atoms in total. The van der Waals surface area contributed by atoms with Crippen LogP contribution in [0, 0.1) is 0 Å². The molecule has 0 aliphatic carbocycles. The van der Waals surface area contributed by atoms with Gasteiger partial charge < -0.3 is 15.4 Å². The van der Waals surface area contributed by atoms with Crippen molar-refractivity contribution in [3.8, 4) is 5.75 Å². The first kappa shape index (κ1) is 13.1. The number of anilines is 1. The Balaban J connectivity index is 2.13. The predicted molar refractivity (Wildman–Crippen MR) is 73.9 cm³/mol. The van der Waals surface area contributed by atoms with E-state index in [1.807, 2.05) is 32.2 Å². The molecule has 1 amide bonds. The van der Waals surface area contributed by atoms with Crippen molar-refractivity contribution in [2.24, 2.45) is 0 Å². The molecule has 98 valence electrons. The lowest BCUT2D eigenvalue weighted by Gasteiger charge is -2.12. The van der Waals surface area contributed by atoms with Gasteiger partial charge >= 0.3 is 0 Å². The molecule has 1 fully saturated rings. The number of carbonyl (C=O) groups is 1. The van der Waals surface area contributed by atoms with Gasteiger partial charge in [0.15, 0.2) is 0 Å². The molecule has 1 atom stereocenters. The minimum absolute atomic E-state index is 0.0193. The third kappa shape index (κ3) is 2.72. The first-order chi connectivity index (χ1) is 8.61. The highest BCUT2D eigenvalue weighted by molar-refractivity contribution is 8.00. The fraction of sp³-hybridized carbons (Fsp3) is 0.462. The number of benzene rings is 1. The Morgan fingerprint density at radius 2 is 2.33 bits per heavy atom. The third-order valence-corrected chi connectivity index (χ3v) is 4.27. The summed E-state index contributed by atoms with van der Waals surface area (Å²) in [6.07, 6.45) is 0.873. The van der Waals surface area contributed by atoms with E-state index in [1.54, 1.807) is 4.90 Å². The molecule has 0 radical (unpaired) electrons. The highest BCUT2D eigenvalue weighted by atomic mass is 32.2. The van der Waals surface area contributed by atoms with Gasteiger partial charge in [0.2, 0.25) is 5.91 Å². The first-order valence-corrected chi connectivity index (χ1v) is 6.93. The van der Waals surface area contributed by atoms with Crippen LogP contribution in [0.3, 0.4) is 0 Å². The van der Waals surface area contributed by atoms with Crippen molar-refractivity contribution in [2.45, 2.75) is 23.5 Å². The van der Waals surface area contributed by atoms with E-state index in [0.29, 0.717) is 12.3 Å². The number of nitrogen functional groups attached to an aromatic ring is 1. The fourth-order valence-corrected chi connectivity index (χ4v) is 3.13. The van der Waals surface area contributed by atoms with Crippen LogP contribution >= 0.6 is 11.8 Å². The molecule has 1 heterocycles. The molecule has 5 heteroatoms. The van der Waals surface area contributed by atoms with Crippen molar-refractivity contribution in [1.29, 1.82) is 0 Å². The second-order valence-electron chi connectivity index (χ2n) is 4.29. The Hall–Kier alpha value is -1.36. The number of thioether (sulfide) groups is 1. The van der Waals surface area contributed by atoms with Gasteiger partial charge in [-0.05, 0) is 31.5 Å². The smallest absolute Gasteiger partial charge is 0.235 e. The van der Waals surface area contributed by atoms with E-state index in [1.165, 1.54) is 11.8 Å². The number of ether oxygens (including phenoxy) is 1. The summed E-state index contributed by atoms with van der Waals surface area (Å²) in [7, 11) is 1.84. The number of hydrogen-bond donors (Lipinski definition) is 1. The van der Waals surface area contributed by atoms with Gasteiger partial charge in [-0.25, -0.2) is 0 Å². The molecule has 0 aromatic heterocycles. The zero-order valence-corrected chi connectivity index (χ0v) is 11.5. The zero-order valence-electron chi connectivity index (χ0n) is 10.7. The van der Waals surface area contributed by atoms with Crippen molar-refractivity contribution in [3.05, 3.63) is 18.2 Å². The molecule has 1 unspecified atom stereocenters. The van der Waals surface area contributed by atoms with Crippen LogP contribution in [0.2, 0.25) is 0 Å². The molecule has 0 spiro atoms. The minimum atomic E-state index is -0.0193. The highest BCUT2D eigenvalue weighted by Gasteiger charge is 2.30. The van der Waals surface area contributed by atoms with Crippen molar-refractivity contribution in [2.75, 3.05) is 25.9 Å². The number of hydrogen-bond acceptors (Lipinski definition) is 4. The van der Waals surface area contributed by atoms with Gasteiger partial charge in [-0.1, -0.05) is 0 Å². The summed E-state index contributed by atoms with van der Waals surface area (Å²) in [5.74, 6) is 0.981. The lowest BCUT2D eigenvalue weighted by molar-refractivity contribution is -0.126. The van der Waals surface area contributed by atoms with E-state index in [-0.39, 0.29) is 11.2 Å². The number of amides is 1. The molecule has 1 aliphatic rings. The molecule has 1 aromatic rings. The minimum Gasteiger partial charge on any atom is -0.494 e. The lowest BCUT2D eigenvalue weighted by Crippen LogP contribution is -2.23. The number of nitrogens with zero attached hydrogens (tertiary/aromatic N) is 1. The summed E-state index contributed by atoms with van der Waals surface area (Å²) in [4.78, 5) is 14.6. The largest absolute Gasteiger partial charge is 0.494 e. The molecular formula is C13H18N2O2S. The second kappa shape index (κ2) is 5.52. The summed E-state index contributed by atoms with van der Waals surface area (Å²) in [5, 5.41) is -0.0193. The van der Waals surface area contributed by atoms with Gasteiger partial charge in [-0.2, -0.15) is 0 Å². The van der Waals surface area contributed by atoms with E-state index in [2.05, 4.69) is 0 Å². The summed E-state index contributed by atoms with van der Waals surface area (Å²) in [5.41, 5.74) is 6.64. The van der Waals surface area contributed by atoms with Gasteiger partial charge in [-0.3, -0.25) is 4.79 Å². The normalized spacial score (nSPS) is 19.3. The van der Waals surface area contributed by atoms with Gasteiger partial charge in [-0.15, -0.1) is 11.8 Å². The molecule has 18 heavy (non-hydrogen) atoms. The van der Waals surface area contributed by atoms with E-state index in [4.69, 9.17) is 10.5 Å². The third-order valence-electron chi connectivity index (χ3n) is 2.94. The molecule has 1 aliphatic heterocycles. The molecule has 2 rings (SSSR count). The molecule has 0 bridgehead atoms. The quantitative estimate of drug-likeness (QED) is 0.847.